The molecule has 5 rings (SSSR count). The third-order valence-corrected chi connectivity index (χ3v) is 5.99. The van der Waals surface area contributed by atoms with E-state index in [1.807, 2.05) is 6.92 Å². The molecule has 0 N–H and O–H groups in total. The monoisotopic (exact) mass is 486 g/mol. The zero-order chi connectivity index (χ0) is 25.6. The topological polar surface area (TPSA) is 82.1 Å². The maximum atomic E-state index is 13.7. The van der Waals surface area contributed by atoms with Crippen molar-refractivity contribution in [2.24, 2.45) is 0 Å². The molecule has 0 unspecified atom stereocenters. The molecule has 0 aliphatic carbocycles. The number of rotatable bonds is 5. The van der Waals surface area contributed by atoms with Crippen LogP contribution in [0.3, 0.4) is 0 Å². The summed E-state index contributed by atoms with van der Waals surface area (Å²) >= 11 is 0. The van der Waals surface area contributed by atoms with Gasteiger partial charge in [-0.1, -0.05) is 12.1 Å². The van der Waals surface area contributed by atoms with Gasteiger partial charge in [0.1, 0.15) is 17.2 Å². The first kappa shape index (κ1) is 23.1. The molecular formula is C27H20F2N4O3. The first-order valence-electron chi connectivity index (χ1n) is 11.1. The molecule has 7 nitrogen and oxygen atoms in total. The molecule has 4 aromatic rings. The van der Waals surface area contributed by atoms with Crippen LogP contribution in [0.15, 0.2) is 73.1 Å². The Kier molecular flexibility index (Phi) is 5.68. The number of halogens is 2. The zero-order valence-corrected chi connectivity index (χ0v) is 19.4. The molecular weight excluding hydrogens is 466 g/mol. The highest BCUT2D eigenvalue weighted by atomic mass is 19.1. The lowest BCUT2D eigenvalue weighted by atomic mass is 10.0. The van der Waals surface area contributed by atoms with Crippen LogP contribution in [0.2, 0.25) is 0 Å². The van der Waals surface area contributed by atoms with Crippen molar-refractivity contribution in [2.45, 2.75) is 20.4 Å². The van der Waals surface area contributed by atoms with Gasteiger partial charge in [0.25, 0.3) is 11.6 Å². The second-order valence-corrected chi connectivity index (χ2v) is 8.48. The second-order valence-electron chi connectivity index (χ2n) is 8.48. The van der Waals surface area contributed by atoms with Crippen LogP contribution in [-0.2, 0) is 16.1 Å². The van der Waals surface area contributed by atoms with E-state index in [-0.39, 0.29) is 29.1 Å². The normalized spacial score (nSPS) is 13.7. The van der Waals surface area contributed by atoms with Gasteiger partial charge in [-0.05, 0) is 67.3 Å². The van der Waals surface area contributed by atoms with E-state index < -0.39 is 29.3 Å². The molecule has 3 heterocycles. The minimum absolute atomic E-state index is 0.0117. The van der Waals surface area contributed by atoms with E-state index in [2.05, 4.69) is 5.10 Å². The predicted molar refractivity (Wildman–Crippen MR) is 124 cm³/mol. The average Bonchev–Trinajstić information content (AvgIpc) is 3.28. The summed E-state index contributed by atoms with van der Waals surface area (Å²) in [7, 11) is 0. The fraction of sp³-hybridized carbons (Fsp3) is 0.111. The zero-order valence-electron chi connectivity index (χ0n) is 19.4. The molecule has 0 saturated carbocycles. The standard InChI is InChI=1S/C27H20F2N4O3/c1-16-11-13-31(14-12-16)24-23(25(34)32(27(24)36)15-18-3-5-19(28)6-4-18)22-17(2)30-33(26(22)35)21-9-7-20(29)8-10-21/h3-14H,15H2,1-2H3. The van der Waals surface area contributed by atoms with Crippen LogP contribution in [0.4, 0.5) is 8.78 Å². The molecule has 2 aromatic carbocycles. The smallest absolute Gasteiger partial charge is 0.327 e. The molecule has 0 spiro atoms. The molecule has 2 aromatic heterocycles. The van der Waals surface area contributed by atoms with Crippen LogP contribution < -0.4 is 9.67 Å². The lowest BCUT2D eigenvalue weighted by molar-refractivity contribution is -0.577. The number of carbonyl (C=O) groups excluding carboxylic acids is 2. The van der Waals surface area contributed by atoms with Crippen molar-refractivity contribution in [3.05, 3.63) is 107 Å². The summed E-state index contributed by atoms with van der Waals surface area (Å²) in [6.07, 6.45) is 3.28. The van der Waals surface area contributed by atoms with Crippen LogP contribution in [0.5, 0.6) is 5.88 Å². The third-order valence-electron chi connectivity index (χ3n) is 5.99. The lowest BCUT2D eigenvalue weighted by Gasteiger charge is -2.15. The first-order chi connectivity index (χ1) is 17.2. The van der Waals surface area contributed by atoms with Gasteiger partial charge in [0.15, 0.2) is 12.4 Å². The van der Waals surface area contributed by atoms with Gasteiger partial charge >= 0.3 is 5.91 Å². The van der Waals surface area contributed by atoms with E-state index in [9.17, 15) is 23.5 Å². The molecule has 9 heteroatoms. The van der Waals surface area contributed by atoms with Crippen molar-refractivity contribution in [2.75, 3.05) is 0 Å². The van der Waals surface area contributed by atoms with Gasteiger partial charge in [0, 0.05) is 17.7 Å². The van der Waals surface area contributed by atoms with Gasteiger partial charge in [0.05, 0.1) is 17.9 Å². The Bertz CT molecular complexity index is 1520. The Morgan fingerprint density at radius 2 is 1.44 bits per heavy atom. The van der Waals surface area contributed by atoms with E-state index >= 15 is 0 Å². The molecule has 180 valence electrons. The number of carbonyl (C=O) groups is 2. The minimum Gasteiger partial charge on any atom is -0.858 e. The van der Waals surface area contributed by atoms with Crippen LogP contribution >= 0.6 is 0 Å². The lowest BCUT2D eigenvalue weighted by Crippen LogP contribution is -2.39. The van der Waals surface area contributed by atoms with Crippen LogP contribution in [0.1, 0.15) is 22.4 Å². The number of imide groups is 1. The molecule has 0 saturated heterocycles. The summed E-state index contributed by atoms with van der Waals surface area (Å²) < 4.78 is 29.4. The number of benzene rings is 2. The number of hydrogen-bond acceptors (Lipinski definition) is 4. The first-order valence-corrected chi connectivity index (χ1v) is 11.1. The van der Waals surface area contributed by atoms with Gasteiger partial charge in [-0.3, -0.25) is 14.5 Å². The fourth-order valence-electron chi connectivity index (χ4n) is 4.15. The van der Waals surface area contributed by atoms with Crippen LogP contribution in [0.25, 0.3) is 17.0 Å². The van der Waals surface area contributed by atoms with E-state index in [1.165, 1.54) is 53.1 Å². The highest BCUT2D eigenvalue weighted by Gasteiger charge is 2.46. The summed E-state index contributed by atoms with van der Waals surface area (Å²) in [4.78, 5) is 28.3. The van der Waals surface area contributed by atoms with Crippen molar-refractivity contribution in [1.82, 2.24) is 14.7 Å². The molecule has 1 aliphatic rings. The van der Waals surface area contributed by atoms with Crippen molar-refractivity contribution < 1.29 is 28.0 Å². The summed E-state index contributed by atoms with van der Waals surface area (Å²) in [6.45, 7) is 3.35. The maximum Gasteiger partial charge on any atom is 0.327 e. The molecule has 2 amide bonds. The van der Waals surface area contributed by atoms with Gasteiger partial charge in [-0.15, -0.1) is 0 Å². The molecule has 36 heavy (non-hydrogen) atoms. The van der Waals surface area contributed by atoms with Crippen molar-refractivity contribution in [3.8, 4) is 11.6 Å². The highest BCUT2D eigenvalue weighted by molar-refractivity contribution is 6.44. The Labute approximate surface area is 205 Å². The Hall–Kier alpha value is -4.66. The summed E-state index contributed by atoms with van der Waals surface area (Å²) in [5.74, 6) is -2.77. The molecule has 1 aliphatic heterocycles. The third kappa shape index (κ3) is 3.94. The quantitative estimate of drug-likeness (QED) is 0.321. The van der Waals surface area contributed by atoms with Crippen molar-refractivity contribution in [3.63, 3.8) is 0 Å². The van der Waals surface area contributed by atoms with E-state index in [4.69, 9.17) is 0 Å². The molecule has 0 fully saturated rings. The second kappa shape index (κ2) is 8.84. The SMILES string of the molecule is Cc1cc[n+](C2=C(c3c(C)nn(-c4ccc(F)cc4)c3[O-])C(=O)N(Cc3ccc(F)cc3)C2=O)cc1. The molecule has 0 bridgehead atoms. The van der Waals surface area contributed by atoms with Gasteiger partial charge in [-0.25, -0.2) is 13.5 Å². The number of aromatic nitrogens is 3. The Balaban J connectivity index is 1.66. The minimum atomic E-state index is -0.661. The van der Waals surface area contributed by atoms with Crippen molar-refractivity contribution in [1.29, 1.82) is 0 Å². The van der Waals surface area contributed by atoms with Gasteiger partial charge < -0.3 is 5.11 Å². The summed E-state index contributed by atoms with van der Waals surface area (Å²) in [6, 6.07) is 14.2. The van der Waals surface area contributed by atoms with Crippen molar-refractivity contribution >= 4 is 23.1 Å². The van der Waals surface area contributed by atoms with Crippen LogP contribution in [-0.4, -0.2) is 26.5 Å². The highest BCUT2D eigenvalue weighted by Crippen LogP contribution is 2.37. The maximum absolute atomic E-state index is 13.7. The summed E-state index contributed by atoms with van der Waals surface area (Å²) in [5.41, 5.74) is 1.98. The van der Waals surface area contributed by atoms with Crippen LogP contribution in [0, 0.1) is 25.5 Å². The van der Waals surface area contributed by atoms with Gasteiger partial charge in [0.2, 0.25) is 0 Å². The predicted octanol–water partition coefficient (Wildman–Crippen LogP) is 3.07. The summed E-state index contributed by atoms with van der Waals surface area (Å²) in [5, 5.41) is 17.8. The molecule has 0 radical (unpaired) electrons. The number of hydrogen-bond donors (Lipinski definition) is 0. The number of amides is 2. The number of pyridine rings is 1. The number of nitrogens with zero attached hydrogens (tertiary/aromatic N) is 4. The fourth-order valence-corrected chi connectivity index (χ4v) is 4.15. The Morgan fingerprint density at radius 1 is 0.861 bits per heavy atom. The van der Waals surface area contributed by atoms with E-state index in [0.29, 0.717) is 11.3 Å². The number of aryl methyl sites for hydroxylation is 2. The largest absolute Gasteiger partial charge is 0.858 e. The molecule has 0 atom stereocenters. The Morgan fingerprint density at radius 3 is 2.06 bits per heavy atom. The van der Waals surface area contributed by atoms with E-state index in [1.54, 1.807) is 31.5 Å². The average molecular weight is 486 g/mol. The van der Waals surface area contributed by atoms with E-state index in [0.717, 1.165) is 15.1 Å². The van der Waals surface area contributed by atoms with Gasteiger partial charge in [-0.2, -0.15) is 9.67 Å².